The van der Waals surface area contributed by atoms with Crippen molar-refractivity contribution in [1.29, 1.82) is 0 Å². The lowest BCUT2D eigenvalue weighted by atomic mass is 10.0. The van der Waals surface area contributed by atoms with Gasteiger partial charge in [-0.15, -0.1) is 0 Å². The fraction of sp³-hybridized carbons (Fsp3) is 0.0952. The number of carboxylic acids is 1. The first-order valence-corrected chi connectivity index (χ1v) is 8.41. The van der Waals surface area contributed by atoms with E-state index >= 15 is 0 Å². The highest BCUT2D eigenvalue weighted by Gasteiger charge is 2.15. The second-order valence-electron chi connectivity index (χ2n) is 6.14. The number of halogens is 2. The molecule has 7 heteroatoms. The van der Waals surface area contributed by atoms with Crippen LogP contribution in [0, 0.1) is 11.6 Å². The highest BCUT2D eigenvalue weighted by molar-refractivity contribution is 5.95. The molecule has 0 radical (unpaired) electrons. The molecule has 0 atom stereocenters. The molecule has 2 aromatic carbocycles. The number of nitrogens with one attached hydrogen (secondary N) is 1. The zero-order valence-corrected chi connectivity index (χ0v) is 14.7. The Morgan fingerprint density at radius 1 is 0.964 bits per heavy atom. The lowest BCUT2D eigenvalue weighted by Crippen LogP contribution is -2.25. The summed E-state index contributed by atoms with van der Waals surface area (Å²) in [7, 11) is 0. The van der Waals surface area contributed by atoms with Crippen LogP contribution in [0.1, 0.15) is 37.5 Å². The molecular formula is C21H16F2N2O3. The third-order valence-electron chi connectivity index (χ3n) is 4.09. The van der Waals surface area contributed by atoms with Crippen LogP contribution in [0.5, 0.6) is 0 Å². The Morgan fingerprint density at radius 2 is 1.71 bits per heavy atom. The molecule has 0 saturated heterocycles. The van der Waals surface area contributed by atoms with Crippen molar-refractivity contribution in [2.24, 2.45) is 0 Å². The monoisotopic (exact) mass is 382 g/mol. The Morgan fingerprint density at radius 3 is 2.43 bits per heavy atom. The molecule has 2 N–H and O–H groups in total. The van der Waals surface area contributed by atoms with Crippen molar-refractivity contribution in [3.05, 3.63) is 100 Å². The highest BCUT2D eigenvalue weighted by Crippen LogP contribution is 2.15. The van der Waals surface area contributed by atoms with Gasteiger partial charge in [0.1, 0.15) is 11.6 Å². The van der Waals surface area contributed by atoms with Crippen LogP contribution < -0.4 is 5.32 Å². The number of hydrogen-bond acceptors (Lipinski definition) is 3. The molecule has 3 rings (SSSR count). The number of pyridine rings is 1. The first kappa shape index (κ1) is 19.2. The Balaban J connectivity index is 1.77. The summed E-state index contributed by atoms with van der Waals surface area (Å²) >= 11 is 0. The Kier molecular flexibility index (Phi) is 5.74. The maximum absolute atomic E-state index is 13.6. The predicted octanol–water partition coefficient (Wildman–Crippen LogP) is 3.58. The van der Waals surface area contributed by atoms with Gasteiger partial charge in [-0.2, -0.15) is 0 Å². The van der Waals surface area contributed by atoms with Gasteiger partial charge in [-0.3, -0.25) is 9.78 Å². The van der Waals surface area contributed by atoms with Crippen LogP contribution in [0.15, 0.2) is 60.8 Å². The summed E-state index contributed by atoms with van der Waals surface area (Å²) < 4.78 is 26.7. The molecular weight excluding hydrogens is 366 g/mol. The molecule has 0 saturated carbocycles. The van der Waals surface area contributed by atoms with Crippen LogP contribution in [0.2, 0.25) is 0 Å². The van der Waals surface area contributed by atoms with Gasteiger partial charge in [-0.25, -0.2) is 13.6 Å². The van der Waals surface area contributed by atoms with Gasteiger partial charge in [0, 0.05) is 13.0 Å². The maximum atomic E-state index is 13.6. The normalized spacial score (nSPS) is 10.5. The number of benzene rings is 2. The van der Waals surface area contributed by atoms with Gasteiger partial charge in [0.25, 0.3) is 5.91 Å². The number of hydrogen-bond donors (Lipinski definition) is 2. The van der Waals surface area contributed by atoms with Gasteiger partial charge in [0.15, 0.2) is 0 Å². The Labute approximate surface area is 159 Å². The van der Waals surface area contributed by atoms with Gasteiger partial charge < -0.3 is 10.4 Å². The van der Waals surface area contributed by atoms with Gasteiger partial charge >= 0.3 is 5.97 Å². The first-order valence-electron chi connectivity index (χ1n) is 8.41. The summed E-state index contributed by atoms with van der Waals surface area (Å²) in [5.41, 5.74) is 1.85. The van der Waals surface area contributed by atoms with E-state index in [2.05, 4.69) is 10.3 Å². The Hall–Kier alpha value is -3.61. The van der Waals surface area contributed by atoms with Crippen molar-refractivity contribution in [3.8, 4) is 0 Å². The molecule has 0 aliphatic heterocycles. The number of carbonyl (C=O) groups excluding carboxylic acids is 1. The Bertz CT molecular complexity index is 1020. The summed E-state index contributed by atoms with van der Waals surface area (Å²) in [4.78, 5) is 27.6. The minimum absolute atomic E-state index is 0.0683. The van der Waals surface area contributed by atoms with Crippen LogP contribution in [0.4, 0.5) is 8.78 Å². The van der Waals surface area contributed by atoms with E-state index in [1.54, 1.807) is 24.3 Å². The van der Waals surface area contributed by atoms with E-state index < -0.39 is 17.7 Å². The molecule has 5 nitrogen and oxygen atoms in total. The minimum atomic E-state index is -1.07. The summed E-state index contributed by atoms with van der Waals surface area (Å²) in [6.07, 6.45) is 1.25. The van der Waals surface area contributed by atoms with E-state index in [0.717, 1.165) is 17.8 Å². The predicted molar refractivity (Wildman–Crippen MR) is 98.0 cm³/mol. The lowest BCUT2D eigenvalue weighted by Gasteiger charge is -2.10. The molecule has 3 aromatic rings. The zero-order valence-electron chi connectivity index (χ0n) is 14.7. The number of aromatic nitrogens is 1. The van der Waals surface area contributed by atoms with Gasteiger partial charge in [0.05, 0.1) is 23.0 Å². The van der Waals surface area contributed by atoms with Gasteiger partial charge in [0.2, 0.25) is 0 Å². The van der Waals surface area contributed by atoms with Crippen LogP contribution >= 0.6 is 0 Å². The average Bonchev–Trinajstić information content (AvgIpc) is 2.69. The largest absolute Gasteiger partial charge is 0.478 e. The summed E-state index contributed by atoms with van der Waals surface area (Å²) in [5, 5.41) is 11.7. The van der Waals surface area contributed by atoms with E-state index in [0.29, 0.717) is 11.3 Å². The second-order valence-corrected chi connectivity index (χ2v) is 6.14. The quantitative estimate of drug-likeness (QED) is 0.683. The van der Waals surface area contributed by atoms with Crippen LogP contribution in [-0.4, -0.2) is 22.0 Å². The number of aromatic carboxylic acids is 1. The third kappa shape index (κ3) is 4.76. The molecule has 1 heterocycles. The van der Waals surface area contributed by atoms with Gasteiger partial charge in [-0.1, -0.05) is 24.3 Å². The molecule has 1 amide bonds. The maximum Gasteiger partial charge on any atom is 0.335 e. The van der Waals surface area contributed by atoms with Crippen LogP contribution in [-0.2, 0) is 13.0 Å². The SMILES string of the molecule is O=C(O)c1cccc(CNC(=O)c2cc(F)cnc2Cc2ccc(F)cc2)c1. The van der Waals surface area contributed by atoms with Crippen molar-refractivity contribution in [2.75, 3.05) is 0 Å². The van der Waals surface area contributed by atoms with Crippen molar-refractivity contribution in [2.45, 2.75) is 13.0 Å². The molecule has 0 aliphatic carbocycles. The topological polar surface area (TPSA) is 79.3 Å². The fourth-order valence-corrected chi connectivity index (χ4v) is 2.69. The van der Waals surface area contributed by atoms with E-state index in [1.165, 1.54) is 24.3 Å². The van der Waals surface area contributed by atoms with Crippen molar-refractivity contribution in [3.63, 3.8) is 0 Å². The van der Waals surface area contributed by atoms with Crippen LogP contribution in [0.25, 0.3) is 0 Å². The lowest BCUT2D eigenvalue weighted by molar-refractivity contribution is 0.0696. The van der Waals surface area contributed by atoms with E-state index in [-0.39, 0.29) is 29.9 Å². The number of carboxylic acid groups (broad SMARTS) is 1. The molecule has 0 fully saturated rings. The average molecular weight is 382 g/mol. The standard InChI is InChI=1S/C21H16F2N2O3/c22-16-6-4-13(5-7-16)9-19-18(10-17(23)12-24-19)20(26)25-11-14-2-1-3-15(8-14)21(27)28/h1-8,10,12H,9,11H2,(H,25,26)(H,27,28). The number of rotatable bonds is 6. The van der Waals surface area contributed by atoms with Crippen molar-refractivity contribution in [1.82, 2.24) is 10.3 Å². The van der Waals surface area contributed by atoms with Crippen LogP contribution in [0.3, 0.4) is 0 Å². The van der Waals surface area contributed by atoms with E-state index in [4.69, 9.17) is 5.11 Å². The summed E-state index contributed by atoms with van der Waals surface area (Å²) in [5.74, 6) is -2.63. The number of nitrogens with zero attached hydrogens (tertiary/aromatic N) is 1. The molecule has 0 bridgehead atoms. The molecule has 0 spiro atoms. The van der Waals surface area contributed by atoms with Crippen molar-refractivity contribution < 1.29 is 23.5 Å². The second kappa shape index (κ2) is 8.39. The van der Waals surface area contributed by atoms with E-state index in [9.17, 15) is 18.4 Å². The highest BCUT2D eigenvalue weighted by atomic mass is 19.1. The molecule has 1 aromatic heterocycles. The number of carbonyl (C=O) groups is 2. The van der Waals surface area contributed by atoms with E-state index in [1.807, 2.05) is 0 Å². The number of amides is 1. The van der Waals surface area contributed by atoms with Gasteiger partial charge in [-0.05, 0) is 41.5 Å². The molecule has 0 unspecified atom stereocenters. The molecule has 0 aliphatic rings. The zero-order chi connectivity index (χ0) is 20.1. The molecule has 142 valence electrons. The first-order chi connectivity index (χ1) is 13.4. The summed E-state index contributed by atoms with van der Waals surface area (Å²) in [6, 6.07) is 13.0. The third-order valence-corrected chi connectivity index (χ3v) is 4.09. The van der Waals surface area contributed by atoms with Crippen molar-refractivity contribution >= 4 is 11.9 Å². The molecule has 28 heavy (non-hydrogen) atoms. The fourth-order valence-electron chi connectivity index (χ4n) is 2.69. The smallest absolute Gasteiger partial charge is 0.335 e. The minimum Gasteiger partial charge on any atom is -0.478 e. The summed E-state index contributed by atoms with van der Waals surface area (Å²) in [6.45, 7) is 0.0758.